The Kier molecular flexibility index (Phi) is 9.00. The number of esters is 1. The van der Waals surface area contributed by atoms with Crippen LogP contribution in [0.15, 0.2) is 43.1 Å². The first kappa shape index (κ1) is 24.6. The van der Waals surface area contributed by atoms with Gasteiger partial charge in [0.25, 0.3) is 5.95 Å². The number of hydrogen-bond donors (Lipinski definition) is 0. The molecule has 172 valence electrons. The summed E-state index contributed by atoms with van der Waals surface area (Å²) in [7, 11) is 0. The summed E-state index contributed by atoms with van der Waals surface area (Å²) in [6, 6.07) is 5.50. The van der Waals surface area contributed by atoms with Gasteiger partial charge in [0.15, 0.2) is 5.82 Å². The molecule has 9 nitrogen and oxygen atoms in total. The third-order valence-electron chi connectivity index (χ3n) is 3.71. The van der Waals surface area contributed by atoms with Crippen molar-refractivity contribution in [2.45, 2.75) is 34.6 Å². The van der Waals surface area contributed by atoms with Crippen LogP contribution in [0.5, 0.6) is 5.75 Å². The van der Waals surface area contributed by atoms with Crippen molar-refractivity contribution in [2.24, 2.45) is 11.8 Å². The van der Waals surface area contributed by atoms with Crippen molar-refractivity contribution in [1.29, 1.82) is 0 Å². The van der Waals surface area contributed by atoms with Gasteiger partial charge in [0.05, 0.1) is 13.2 Å². The zero-order valence-electron chi connectivity index (χ0n) is 19.0. The highest BCUT2D eigenvalue weighted by Crippen LogP contribution is 2.25. The summed E-state index contributed by atoms with van der Waals surface area (Å²) in [5.74, 6) is 0.794. The Hall–Kier alpha value is -3.62. The molecule has 0 fully saturated rings. The van der Waals surface area contributed by atoms with Crippen molar-refractivity contribution in [3.05, 3.63) is 48.7 Å². The van der Waals surface area contributed by atoms with Gasteiger partial charge in [0.2, 0.25) is 0 Å². The maximum Gasteiger partial charge on any atom is 0.516 e. The second kappa shape index (κ2) is 11.7. The summed E-state index contributed by atoms with van der Waals surface area (Å²) < 4.78 is 21.8. The van der Waals surface area contributed by atoms with E-state index in [1.165, 1.54) is 17.2 Å². The lowest BCUT2D eigenvalue weighted by Gasteiger charge is -2.13. The second-order valence-corrected chi connectivity index (χ2v) is 7.95. The first-order chi connectivity index (χ1) is 15.1. The molecule has 0 radical (unpaired) electrons. The van der Waals surface area contributed by atoms with Crippen LogP contribution in [0.25, 0.3) is 17.6 Å². The summed E-state index contributed by atoms with van der Waals surface area (Å²) in [5, 5.41) is 4.30. The van der Waals surface area contributed by atoms with Crippen LogP contribution >= 0.6 is 0 Å². The van der Waals surface area contributed by atoms with E-state index >= 15 is 0 Å². The number of nitrogens with zero attached hydrogens (tertiary/aromatic N) is 3. The summed E-state index contributed by atoms with van der Waals surface area (Å²) in [5.41, 5.74) is 1.65. The molecule has 0 amide bonds. The van der Waals surface area contributed by atoms with Crippen LogP contribution in [0.3, 0.4) is 0 Å². The average molecular weight is 444 g/mol. The van der Waals surface area contributed by atoms with Gasteiger partial charge in [0.1, 0.15) is 12.1 Å². The molecule has 1 aromatic carbocycles. The number of rotatable bonds is 10. The van der Waals surface area contributed by atoms with Gasteiger partial charge in [-0.25, -0.2) is 19.3 Å². The highest BCUT2D eigenvalue weighted by molar-refractivity contribution is 5.91. The summed E-state index contributed by atoms with van der Waals surface area (Å²) >= 11 is 0. The lowest BCUT2D eigenvalue weighted by Crippen LogP contribution is -2.14. The second-order valence-electron chi connectivity index (χ2n) is 7.95. The summed E-state index contributed by atoms with van der Waals surface area (Å²) in [4.78, 5) is 27.4. The minimum Gasteiger partial charge on any atom is -0.465 e. The molecule has 0 atom stereocenters. The van der Waals surface area contributed by atoms with Crippen LogP contribution in [0.1, 0.15) is 33.3 Å². The molecule has 32 heavy (non-hydrogen) atoms. The highest BCUT2D eigenvalue weighted by atomic mass is 16.7. The Morgan fingerprint density at radius 1 is 1.09 bits per heavy atom. The zero-order valence-corrected chi connectivity index (χ0v) is 19.0. The molecule has 0 spiro atoms. The molecule has 0 saturated carbocycles. The van der Waals surface area contributed by atoms with Crippen LogP contribution in [0.4, 0.5) is 4.79 Å². The van der Waals surface area contributed by atoms with Gasteiger partial charge in [0, 0.05) is 17.8 Å². The maximum atomic E-state index is 11.7. The van der Waals surface area contributed by atoms with Crippen molar-refractivity contribution in [3.8, 4) is 17.1 Å². The molecule has 0 aliphatic rings. The summed E-state index contributed by atoms with van der Waals surface area (Å²) in [6.07, 6.45) is 2.75. The normalized spacial score (nSPS) is 11.1. The fourth-order valence-corrected chi connectivity index (χ4v) is 2.35. The lowest BCUT2D eigenvalue weighted by molar-refractivity contribution is -0.134. The van der Waals surface area contributed by atoms with E-state index in [1.54, 1.807) is 6.07 Å². The number of carbonyl (C=O) groups is 2. The molecule has 0 N–H and O–H groups in total. The SMILES string of the molecule is C=C(OCC(C)C)Oc1cc(C)cc(-c2ncn(C=CC(=O)OC(=O)OCC(C)C)n2)c1. The van der Waals surface area contributed by atoms with Gasteiger partial charge < -0.3 is 18.9 Å². The van der Waals surface area contributed by atoms with Gasteiger partial charge in [-0.1, -0.05) is 27.7 Å². The van der Waals surface area contributed by atoms with Crippen molar-refractivity contribution in [2.75, 3.05) is 13.2 Å². The van der Waals surface area contributed by atoms with Crippen molar-refractivity contribution in [3.63, 3.8) is 0 Å². The van der Waals surface area contributed by atoms with Crippen LogP contribution in [0, 0.1) is 18.8 Å². The van der Waals surface area contributed by atoms with E-state index in [-0.39, 0.29) is 18.5 Å². The van der Waals surface area contributed by atoms with E-state index < -0.39 is 12.1 Å². The molecule has 0 unspecified atom stereocenters. The first-order valence-electron chi connectivity index (χ1n) is 10.2. The van der Waals surface area contributed by atoms with E-state index in [9.17, 15) is 9.59 Å². The van der Waals surface area contributed by atoms with Crippen LogP contribution in [0.2, 0.25) is 0 Å². The molecular formula is C23H29N3O6. The van der Waals surface area contributed by atoms with E-state index in [0.717, 1.165) is 11.6 Å². The number of ether oxygens (including phenoxy) is 4. The molecule has 2 aromatic rings. The molecule has 0 aliphatic heterocycles. The third kappa shape index (κ3) is 8.63. The van der Waals surface area contributed by atoms with Gasteiger partial charge >= 0.3 is 12.1 Å². The summed E-state index contributed by atoms with van der Waals surface area (Å²) in [6.45, 7) is 14.2. The molecular weight excluding hydrogens is 414 g/mol. The topological polar surface area (TPSA) is 102 Å². The quantitative estimate of drug-likeness (QED) is 0.228. The zero-order chi connectivity index (χ0) is 23.7. The van der Waals surface area contributed by atoms with E-state index in [2.05, 4.69) is 21.4 Å². The molecule has 1 heterocycles. The Bertz CT molecular complexity index is 978. The number of benzene rings is 1. The van der Waals surface area contributed by atoms with Crippen LogP contribution in [-0.4, -0.2) is 40.1 Å². The number of aromatic nitrogens is 3. The largest absolute Gasteiger partial charge is 0.516 e. The van der Waals surface area contributed by atoms with Crippen LogP contribution < -0.4 is 4.74 Å². The maximum absolute atomic E-state index is 11.7. The Morgan fingerprint density at radius 2 is 1.78 bits per heavy atom. The predicted octanol–water partition coefficient (Wildman–Crippen LogP) is 4.58. The molecule has 9 heteroatoms. The molecule has 0 aliphatic carbocycles. The van der Waals surface area contributed by atoms with Crippen molar-refractivity contribution >= 4 is 18.3 Å². The van der Waals surface area contributed by atoms with Crippen molar-refractivity contribution < 1.29 is 28.5 Å². The monoisotopic (exact) mass is 443 g/mol. The van der Waals surface area contributed by atoms with Gasteiger partial charge in [-0.3, -0.25) is 0 Å². The predicted molar refractivity (Wildman–Crippen MR) is 118 cm³/mol. The highest BCUT2D eigenvalue weighted by Gasteiger charge is 2.11. The number of carbonyl (C=O) groups excluding carboxylic acids is 2. The molecule has 2 rings (SSSR count). The number of hydrogen-bond acceptors (Lipinski definition) is 8. The van der Waals surface area contributed by atoms with Gasteiger partial charge in [-0.05, 0) is 49.1 Å². The average Bonchev–Trinajstić information content (AvgIpc) is 3.18. The van der Waals surface area contributed by atoms with E-state index in [0.29, 0.717) is 29.7 Å². The van der Waals surface area contributed by atoms with Crippen molar-refractivity contribution in [1.82, 2.24) is 14.8 Å². The molecule has 0 saturated heterocycles. The number of aryl methyl sites for hydroxylation is 1. The Balaban J connectivity index is 2.01. The third-order valence-corrected chi connectivity index (χ3v) is 3.71. The van der Waals surface area contributed by atoms with Gasteiger partial charge in [-0.15, -0.1) is 5.10 Å². The first-order valence-corrected chi connectivity index (χ1v) is 10.2. The molecule has 0 bridgehead atoms. The fourth-order valence-electron chi connectivity index (χ4n) is 2.35. The molecule has 1 aromatic heterocycles. The minimum atomic E-state index is -1.04. The van der Waals surface area contributed by atoms with Gasteiger partial charge in [-0.2, -0.15) is 0 Å². The van der Waals surface area contributed by atoms with E-state index in [4.69, 9.17) is 14.2 Å². The lowest BCUT2D eigenvalue weighted by atomic mass is 10.1. The Morgan fingerprint density at radius 3 is 2.47 bits per heavy atom. The fraction of sp³-hybridized carbons (Fsp3) is 0.391. The van der Waals surface area contributed by atoms with E-state index in [1.807, 2.05) is 46.8 Å². The Labute approximate surface area is 187 Å². The smallest absolute Gasteiger partial charge is 0.465 e. The van der Waals surface area contributed by atoms with Crippen LogP contribution in [-0.2, 0) is 19.0 Å². The standard InChI is InChI=1S/C23H29N3O6/c1-15(2)12-29-18(6)31-20-10-17(5)9-19(11-20)22-24-14-26(25-22)8-7-21(27)32-23(28)30-13-16(3)4/h7-11,14-16H,6,12-13H2,1-5H3. The minimum absolute atomic E-state index is 0.139.